The summed E-state index contributed by atoms with van der Waals surface area (Å²) in [6.07, 6.45) is 1.06. The second-order valence-corrected chi connectivity index (χ2v) is 7.56. The van der Waals surface area contributed by atoms with Gasteiger partial charge in [0.25, 0.3) is 5.91 Å². The van der Waals surface area contributed by atoms with Crippen molar-refractivity contribution in [3.63, 3.8) is 0 Å². The van der Waals surface area contributed by atoms with Crippen molar-refractivity contribution in [2.45, 2.75) is 12.5 Å². The van der Waals surface area contributed by atoms with E-state index in [-0.39, 0.29) is 5.91 Å². The fourth-order valence-electron chi connectivity index (χ4n) is 2.40. The number of nitrogen functional groups attached to an aromatic ring is 1. The van der Waals surface area contributed by atoms with Crippen molar-refractivity contribution in [1.82, 2.24) is 4.90 Å². The van der Waals surface area contributed by atoms with Crippen LogP contribution in [-0.4, -0.2) is 35.4 Å². The van der Waals surface area contributed by atoms with E-state index in [1.165, 1.54) is 11.3 Å². The predicted molar refractivity (Wildman–Crippen MR) is 89.1 cm³/mol. The number of thiophene rings is 1. The molecule has 1 aromatic carbocycles. The van der Waals surface area contributed by atoms with Crippen molar-refractivity contribution in [3.05, 3.63) is 28.1 Å². The lowest BCUT2D eigenvalue weighted by Gasteiger charge is -2.23. The summed E-state index contributed by atoms with van der Waals surface area (Å²) in [6, 6.07) is 5.87. The average Bonchev–Trinajstić information content (AvgIpc) is 3.05. The van der Waals surface area contributed by atoms with Crippen LogP contribution in [0.4, 0.5) is 5.69 Å². The van der Waals surface area contributed by atoms with Crippen LogP contribution >= 0.6 is 34.7 Å². The number of hydrogen-bond acceptors (Lipinski definition) is 4. The van der Waals surface area contributed by atoms with E-state index in [9.17, 15) is 4.79 Å². The van der Waals surface area contributed by atoms with Crippen LogP contribution in [0.1, 0.15) is 16.1 Å². The maximum atomic E-state index is 12.6. The van der Waals surface area contributed by atoms with Crippen LogP contribution in [0.15, 0.2) is 18.2 Å². The molecule has 1 atom stereocenters. The maximum Gasteiger partial charge on any atom is 0.266 e. The molecule has 6 heteroatoms. The van der Waals surface area contributed by atoms with E-state index < -0.39 is 0 Å². The number of carbonyl (C=O) groups excluding carboxylic acids is 1. The van der Waals surface area contributed by atoms with Crippen LogP contribution in [-0.2, 0) is 0 Å². The van der Waals surface area contributed by atoms with E-state index in [0.29, 0.717) is 21.6 Å². The number of rotatable bonds is 2. The van der Waals surface area contributed by atoms with Gasteiger partial charge in [-0.2, -0.15) is 11.8 Å². The van der Waals surface area contributed by atoms with Gasteiger partial charge in [0.2, 0.25) is 0 Å². The highest BCUT2D eigenvalue weighted by Crippen LogP contribution is 2.36. The van der Waals surface area contributed by atoms with Crippen molar-refractivity contribution in [1.29, 1.82) is 0 Å². The molecule has 1 fully saturated rings. The van der Waals surface area contributed by atoms with E-state index in [1.807, 2.05) is 35.8 Å². The Morgan fingerprint density at radius 2 is 2.30 bits per heavy atom. The Morgan fingerprint density at radius 3 is 3.00 bits per heavy atom. The van der Waals surface area contributed by atoms with E-state index >= 15 is 0 Å². The molecule has 1 aliphatic heterocycles. The number of fused-ring (bicyclic) bond motifs is 1. The second kappa shape index (κ2) is 5.47. The summed E-state index contributed by atoms with van der Waals surface area (Å²) >= 11 is 9.31. The highest BCUT2D eigenvalue weighted by Gasteiger charge is 2.27. The lowest BCUT2D eigenvalue weighted by Crippen LogP contribution is -2.36. The Balaban J connectivity index is 1.96. The van der Waals surface area contributed by atoms with Crippen molar-refractivity contribution >= 4 is 56.4 Å². The van der Waals surface area contributed by atoms with Gasteiger partial charge in [0.1, 0.15) is 4.88 Å². The quantitative estimate of drug-likeness (QED) is 0.915. The summed E-state index contributed by atoms with van der Waals surface area (Å²) in [5.41, 5.74) is 6.71. The lowest BCUT2D eigenvalue weighted by atomic mass is 10.2. The maximum absolute atomic E-state index is 12.6. The summed E-state index contributed by atoms with van der Waals surface area (Å²) in [5.74, 6) is 2.16. The monoisotopic (exact) mass is 326 g/mol. The fourth-order valence-corrected chi connectivity index (χ4v) is 5.05. The number of amides is 1. The standard InChI is InChI=1S/C14H15ClN2OS2/c1-17(9-4-5-19-7-9)14(18)13-12(16)10-3-2-8(15)6-11(10)20-13/h2-3,6,9H,4-5,7,16H2,1H3. The number of nitrogens with two attached hydrogens (primary N) is 1. The Morgan fingerprint density at radius 1 is 1.50 bits per heavy atom. The molecular weight excluding hydrogens is 312 g/mol. The van der Waals surface area contributed by atoms with Crippen LogP contribution in [0.25, 0.3) is 10.1 Å². The molecule has 3 nitrogen and oxygen atoms in total. The first-order chi connectivity index (χ1) is 9.58. The third kappa shape index (κ3) is 2.38. The Bertz CT molecular complexity index is 664. The molecule has 0 bridgehead atoms. The van der Waals surface area contributed by atoms with Crippen molar-refractivity contribution in [3.8, 4) is 0 Å². The third-order valence-electron chi connectivity index (χ3n) is 3.66. The van der Waals surface area contributed by atoms with Crippen LogP contribution < -0.4 is 5.73 Å². The number of halogens is 1. The van der Waals surface area contributed by atoms with Crippen molar-refractivity contribution in [2.75, 3.05) is 24.3 Å². The molecule has 0 radical (unpaired) electrons. The molecule has 0 aliphatic carbocycles. The molecule has 2 heterocycles. The topological polar surface area (TPSA) is 46.3 Å². The minimum Gasteiger partial charge on any atom is -0.397 e. The minimum atomic E-state index is 0.0207. The van der Waals surface area contributed by atoms with E-state index in [1.54, 1.807) is 6.07 Å². The first-order valence-electron chi connectivity index (χ1n) is 6.40. The normalized spacial score (nSPS) is 18.6. The molecule has 1 unspecified atom stereocenters. The number of nitrogens with zero attached hydrogens (tertiary/aromatic N) is 1. The molecule has 106 valence electrons. The number of thioether (sulfide) groups is 1. The highest BCUT2D eigenvalue weighted by atomic mass is 35.5. The van der Waals surface area contributed by atoms with Crippen molar-refractivity contribution in [2.24, 2.45) is 0 Å². The summed E-state index contributed by atoms with van der Waals surface area (Å²) in [6.45, 7) is 0. The molecule has 2 N–H and O–H groups in total. The molecule has 1 amide bonds. The molecule has 1 aliphatic rings. The molecule has 20 heavy (non-hydrogen) atoms. The van der Waals surface area contributed by atoms with Crippen LogP contribution in [0.2, 0.25) is 5.02 Å². The molecule has 2 aromatic rings. The van der Waals surface area contributed by atoms with E-state index in [4.69, 9.17) is 17.3 Å². The summed E-state index contributed by atoms with van der Waals surface area (Å²) in [5, 5.41) is 1.58. The number of anilines is 1. The number of benzene rings is 1. The Hall–Kier alpha value is -0.910. The molecule has 0 saturated carbocycles. The van der Waals surface area contributed by atoms with Gasteiger partial charge in [0.05, 0.1) is 5.69 Å². The summed E-state index contributed by atoms with van der Waals surface area (Å²) in [4.78, 5) is 15.1. The minimum absolute atomic E-state index is 0.0207. The van der Waals surface area contributed by atoms with Gasteiger partial charge in [0.15, 0.2) is 0 Å². The third-order valence-corrected chi connectivity index (χ3v) is 6.19. The molecule has 1 saturated heterocycles. The fraction of sp³-hybridized carbons (Fsp3) is 0.357. The van der Waals surface area contributed by atoms with Gasteiger partial charge in [-0.15, -0.1) is 11.3 Å². The van der Waals surface area contributed by atoms with Gasteiger partial charge >= 0.3 is 0 Å². The Labute approximate surface area is 131 Å². The molecule has 1 aromatic heterocycles. The van der Waals surface area contributed by atoms with Crippen LogP contribution in [0.5, 0.6) is 0 Å². The van der Waals surface area contributed by atoms with Crippen LogP contribution in [0, 0.1) is 0 Å². The zero-order valence-corrected chi connectivity index (χ0v) is 13.4. The first kappa shape index (κ1) is 14.0. The van der Waals surface area contributed by atoms with Crippen LogP contribution in [0.3, 0.4) is 0 Å². The lowest BCUT2D eigenvalue weighted by molar-refractivity contribution is 0.0754. The van der Waals surface area contributed by atoms with Gasteiger partial charge in [-0.3, -0.25) is 4.79 Å². The van der Waals surface area contributed by atoms with Gasteiger partial charge < -0.3 is 10.6 Å². The predicted octanol–water partition coefficient (Wildman–Crippen LogP) is 3.71. The molecule has 3 rings (SSSR count). The largest absolute Gasteiger partial charge is 0.397 e. The highest BCUT2D eigenvalue weighted by molar-refractivity contribution is 7.99. The van der Waals surface area contributed by atoms with Crippen molar-refractivity contribution < 1.29 is 4.79 Å². The van der Waals surface area contributed by atoms with Gasteiger partial charge in [-0.25, -0.2) is 0 Å². The smallest absolute Gasteiger partial charge is 0.266 e. The Kier molecular flexibility index (Phi) is 3.84. The second-order valence-electron chi connectivity index (χ2n) is 4.92. The SMILES string of the molecule is CN(C(=O)c1sc2cc(Cl)ccc2c1N)C1CCSC1. The van der Waals surface area contributed by atoms with Gasteiger partial charge in [-0.05, 0) is 30.4 Å². The summed E-state index contributed by atoms with van der Waals surface area (Å²) < 4.78 is 0.965. The average molecular weight is 327 g/mol. The van der Waals surface area contributed by atoms with E-state index in [0.717, 1.165) is 28.0 Å². The van der Waals surface area contributed by atoms with Gasteiger partial charge in [0, 0.05) is 34.0 Å². The van der Waals surface area contributed by atoms with Gasteiger partial charge in [-0.1, -0.05) is 11.6 Å². The molecular formula is C14H15ClN2OS2. The zero-order chi connectivity index (χ0) is 14.3. The first-order valence-corrected chi connectivity index (χ1v) is 8.75. The van der Waals surface area contributed by atoms with E-state index in [2.05, 4.69) is 0 Å². The number of carbonyl (C=O) groups is 1. The number of hydrogen-bond donors (Lipinski definition) is 1. The molecule has 0 spiro atoms. The zero-order valence-electron chi connectivity index (χ0n) is 11.1. The summed E-state index contributed by atoms with van der Waals surface area (Å²) in [7, 11) is 1.87.